The third-order valence-electron chi connectivity index (χ3n) is 5.01. The Bertz CT molecular complexity index is 702. The summed E-state index contributed by atoms with van der Waals surface area (Å²) in [6.07, 6.45) is 2.62. The molecule has 0 radical (unpaired) electrons. The number of rotatable bonds is 7. The second-order valence-corrected chi connectivity index (χ2v) is 6.91. The lowest BCUT2D eigenvalue weighted by Crippen LogP contribution is -2.48. The summed E-state index contributed by atoms with van der Waals surface area (Å²) in [4.78, 5) is 14.8. The SMILES string of the molecule is NCc1ccc(NC[C@H]2CCCN2C(=O)[C@@H](N)Cc2ccccc2)cc1. The Kier molecular flexibility index (Phi) is 6.26. The van der Waals surface area contributed by atoms with Crippen molar-refractivity contribution in [3.63, 3.8) is 0 Å². The molecular formula is C21H28N4O. The van der Waals surface area contributed by atoms with Gasteiger partial charge in [0.05, 0.1) is 6.04 Å². The van der Waals surface area contributed by atoms with Crippen LogP contribution in [0.15, 0.2) is 54.6 Å². The van der Waals surface area contributed by atoms with Crippen molar-refractivity contribution >= 4 is 11.6 Å². The van der Waals surface area contributed by atoms with E-state index in [-0.39, 0.29) is 11.9 Å². The second-order valence-electron chi connectivity index (χ2n) is 6.91. The molecule has 0 unspecified atom stereocenters. The first-order valence-electron chi connectivity index (χ1n) is 9.30. The summed E-state index contributed by atoms with van der Waals surface area (Å²) in [7, 11) is 0. The highest BCUT2D eigenvalue weighted by Crippen LogP contribution is 2.20. The van der Waals surface area contributed by atoms with Gasteiger partial charge in [-0.15, -0.1) is 0 Å². The number of carbonyl (C=O) groups excluding carboxylic acids is 1. The van der Waals surface area contributed by atoms with E-state index >= 15 is 0 Å². The maximum atomic E-state index is 12.8. The smallest absolute Gasteiger partial charge is 0.240 e. The number of carbonyl (C=O) groups is 1. The van der Waals surface area contributed by atoms with E-state index in [1.807, 2.05) is 59.5 Å². The molecule has 5 N–H and O–H groups in total. The van der Waals surface area contributed by atoms with Crippen molar-refractivity contribution in [1.82, 2.24) is 4.90 Å². The predicted octanol–water partition coefficient (Wildman–Crippen LogP) is 2.12. The number of hydrogen-bond acceptors (Lipinski definition) is 4. The van der Waals surface area contributed by atoms with Gasteiger partial charge in [0.2, 0.25) is 5.91 Å². The fourth-order valence-corrected chi connectivity index (χ4v) is 3.50. The lowest BCUT2D eigenvalue weighted by atomic mass is 10.1. The van der Waals surface area contributed by atoms with E-state index in [9.17, 15) is 4.79 Å². The molecule has 1 aliphatic rings. The molecule has 0 spiro atoms. The van der Waals surface area contributed by atoms with E-state index in [4.69, 9.17) is 11.5 Å². The van der Waals surface area contributed by atoms with E-state index in [2.05, 4.69) is 5.32 Å². The molecule has 2 aromatic carbocycles. The van der Waals surface area contributed by atoms with Crippen molar-refractivity contribution in [2.45, 2.75) is 37.9 Å². The van der Waals surface area contributed by atoms with Gasteiger partial charge in [0, 0.05) is 31.4 Å². The van der Waals surface area contributed by atoms with Gasteiger partial charge < -0.3 is 21.7 Å². The Morgan fingerprint density at radius 3 is 2.54 bits per heavy atom. The average Bonchev–Trinajstić information content (AvgIpc) is 3.15. The summed E-state index contributed by atoms with van der Waals surface area (Å²) < 4.78 is 0. The highest BCUT2D eigenvalue weighted by atomic mass is 16.2. The minimum atomic E-state index is -0.484. The molecule has 3 rings (SSSR count). The van der Waals surface area contributed by atoms with Crippen LogP contribution in [0.25, 0.3) is 0 Å². The highest BCUT2D eigenvalue weighted by molar-refractivity contribution is 5.82. The quantitative estimate of drug-likeness (QED) is 0.713. The molecule has 138 valence electrons. The summed E-state index contributed by atoms with van der Waals surface area (Å²) in [5.74, 6) is 0.0524. The molecule has 1 amide bonds. The third kappa shape index (κ3) is 4.62. The fourth-order valence-electron chi connectivity index (χ4n) is 3.50. The molecule has 2 atom stereocenters. The first-order chi connectivity index (χ1) is 12.7. The lowest BCUT2D eigenvalue weighted by Gasteiger charge is -2.28. The summed E-state index contributed by atoms with van der Waals surface area (Å²) in [5.41, 5.74) is 15.1. The number of nitrogens with one attached hydrogen (secondary N) is 1. The molecule has 5 heteroatoms. The molecule has 1 fully saturated rings. The van der Waals surface area contributed by atoms with Gasteiger partial charge >= 0.3 is 0 Å². The third-order valence-corrected chi connectivity index (χ3v) is 5.01. The largest absolute Gasteiger partial charge is 0.383 e. The van der Waals surface area contributed by atoms with E-state index in [1.54, 1.807) is 0 Å². The predicted molar refractivity (Wildman–Crippen MR) is 106 cm³/mol. The Morgan fingerprint density at radius 2 is 1.85 bits per heavy atom. The minimum absolute atomic E-state index is 0.0524. The molecule has 1 aliphatic heterocycles. The molecule has 1 saturated heterocycles. The van der Waals surface area contributed by atoms with Crippen molar-refractivity contribution in [1.29, 1.82) is 0 Å². The minimum Gasteiger partial charge on any atom is -0.383 e. The van der Waals surface area contributed by atoms with Crippen molar-refractivity contribution in [3.05, 3.63) is 65.7 Å². The molecule has 0 aromatic heterocycles. The lowest BCUT2D eigenvalue weighted by molar-refractivity contribution is -0.133. The van der Waals surface area contributed by atoms with Crippen LogP contribution >= 0.6 is 0 Å². The van der Waals surface area contributed by atoms with Gasteiger partial charge in [0.25, 0.3) is 0 Å². The van der Waals surface area contributed by atoms with Crippen LogP contribution in [-0.4, -0.2) is 36.0 Å². The maximum Gasteiger partial charge on any atom is 0.240 e. The van der Waals surface area contributed by atoms with Gasteiger partial charge in [-0.25, -0.2) is 0 Å². The van der Waals surface area contributed by atoms with Gasteiger partial charge in [0.1, 0.15) is 0 Å². The van der Waals surface area contributed by atoms with Crippen LogP contribution in [0.1, 0.15) is 24.0 Å². The number of likely N-dealkylation sites (tertiary alicyclic amines) is 1. The van der Waals surface area contributed by atoms with Crippen LogP contribution in [0.2, 0.25) is 0 Å². The van der Waals surface area contributed by atoms with E-state index in [1.165, 1.54) is 0 Å². The molecule has 0 aliphatic carbocycles. The van der Waals surface area contributed by atoms with E-state index in [0.29, 0.717) is 13.0 Å². The molecule has 26 heavy (non-hydrogen) atoms. The van der Waals surface area contributed by atoms with Crippen LogP contribution in [0, 0.1) is 0 Å². The normalized spacial score (nSPS) is 17.9. The van der Waals surface area contributed by atoms with Gasteiger partial charge in [-0.2, -0.15) is 0 Å². The zero-order chi connectivity index (χ0) is 18.4. The number of amides is 1. The molecular weight excluding hydrogens is 324 g/mol. The zero-order valence-corrected chi connectivity index (χ0v) is 15.1. The zero-order valence-electron chi connectivity index (χ0n) is 15.1. The van der Waals surface area contributed by atoms with Crippen LogP contribution in [-0.2, 0) is 17.8 Å². The van der Waals surface area contributed by atoms with Gasteiger partial charge in [-0.1, -0.05) is 42.5 Å². The monoisotopic (exact) mass is 352 g/mol. The van der Waals surface area contributed by atoms with Crippen LogP contribution in [0.3, 0.4) is 0 Å². The first-order valence-corrected chi connectivity index (χ1v) is 9.30. The van der Waals surface area contributed by atoms with Crippen molar-refractivity contribution < 1.29 is 4.79 Å². The summed E-state index contributed by atoms with van der Waals surface area (Å²) in [5, 5.41) is 3.44. The van der Waals surface area contributed by atoms with Crippen LogP contribution in [0.4, 0.5) is 5.69 Å². The Labute approximate surface area is 155 Å². The summed E-state index contributed by atoms with van der Waals surface area (Å²) >= 11 is 0. The molecule has 0 bridgehead atoms. The van der Waals surface area contributed by atoms with Crippen LogP contribution in [0.5, 0.6) is 0 Å². The number of anilines is 1. The highest BCUT2D eigenvalue weighted by Gasteiger charge is 2.31. The van der Waals surface area contributed by atoms with Crippen molar-refractivity contribution in [2.75, 3.05) is 18.4 Å². The summed E-state index contributed by atoms with van der Waals surface area (Å²) in [6.45, 7) is 2.08. The summed E-state index contributed by atoms with van der Waals surface area (Å²) in [6, 6.07) is 17.8. The van der Waals surface area contributed by atoms with Crippen LogP contribution < -0.4 is 16.8 Å². The number of nitrogens with two attached hydrogens (primary N) is 2. The van der Waals surface area contributed by atoms with Gasteiger partial charge in [-0.05, 0) is 42.5 Å². The number of benzene rings is 2. The van der Waals surface area contributed by atoms with Crippen molar-refractivity contribution in [2.24, 2.45) is 11.5 Å². The fraction of sp³-hybridized carbons (Fsp3) is 0.381. The van der Waals surface area contributed by atoms with Gasteiger partial charge in [0.15, 0.2) is 0 Å². The molecule has 5 nitrogen and oxygen atoms in total. The number of nitrogens with zero attached hydrogens (tertiary/aromatic N) is 1. The topological polar surface area (TPSA) is 84.4 Å². The van der Waals surface area contributed by atoms with Crippen molar-refractivity contribution in [3.8, 4) is 0 Å². The number of hydrogen-bond donors (Lipinski definition) is 3. The average molecular weight is 352 g/mol. The maximum absolute atomic E-state index is 12.8. The Balaban J connectivity index is 1.55. The van der Waals surface area contributed by atoms with Gasteiger partial charge in [-0.3, -0.25) is 4.79 Å². The second kappa shape index (κ2) is 8.83. The Morgan fingerprint density at radius 1 is 1.12 bits per heavy atom. The molecule has 2 aromatic rings. The first kappa shape index (κ1) is 18.4. The Hall–Kier alpha value is -2.37. The standard InChI is InChI=1S/C21H28N4O/c22-14-17-8-10-18(11-9-17)24-15-19-7-4-12-25(19)21(26)20(23)13-16-5-2-1-3-6-16/h1-3,5-6,8-11,19-20,24H,4,7,12-15,22-23H2/t19-,20+/m1/s1. The van der Waals surface area contributed by atoms with E-state index in [0.717, 1.165) is 42.7 Å². The molecule has 0 saturated carbocycles. The molecule has 1 heterocycles. The van der Waals surface area contributed by atoms with E-state index < -0.39 is 6.04 Å².